The summed E-state index contributed by atoms with van der Waals surface area (Å²) >= 11 is 0. The van der Waals surface area contributed by atoms with Crippen LogP contribution in [0, 0.1) is 0 Å². The summed E-state index contributed by atoms with van der Waals surface area (Å²) in [7, 11) is 1.56. The number of carbonyl (C=O) groups excluding carboxylic acids is 2. The number of methoxy groups -OCH3 is 1. The highest BCUT2D eigenvalue weighted by molar-refractivity contribution is 6.21. The first-order valence-corrected chi connectivity index (χ1v) is 7.48. The molecule has 0 bridgehead atoms. The third kappa shape index (κ3) is 2.74. The molecule has 0 saturated heterocycles. The molecule has 3 rings (SSSR count). The summed E-state index contributed by atoms with van der Waals surface area (Å²) in [4.78, 5) is 24.5. The monoisotopic (exact) mass is 324 g/mol. The smallest absolute Gasteiger partial charge is 0.282 e. The Hall–Kier alpha value is -3.15. The van der Waals surface area contributed by atoms with Crippen LogP contribution in [0.4, 0.5) is 0 Å². The van der Waals surface area contributed by atoms with Gasteiger partial charge in [-0.3, -0.25) is 9.59 Å². The summed E-state index contributed by atoms with van der Waals surface area (Å²) < 4.78 is 10.7. The molecule has 24 heavy (non-hydrogen) atoms. The summed E-state index contributed by atoms with van der Waals surface area (Å²) in [5.41, 5.74) is 1.42. The third-order valence-electron chi connectivity index (χ3n) is 3.58. The quantitative estimate of drug-likeness (QED) is 0.626. The average molecular weight is 324 g/mol. The second-order valence-corrected chi connectivity index (χ2v) is 5.06. The number of imide groups is 1. The molecule has 0 unspecified atom stereocenters. The van der Waals surface area contributed by atoms with Crippen LogP contribution in [0.5, 0.6) is 11.5 Å². The summed E-state index contributed by atoms with van der Waals surface area (Å²) in [5, 5.41) is 4.91. The van der Waals surface area contributed by atoms with Gasteiger partial charge in [-0.2, -0.15) is 10.1 Å². The highest BCUT2D eigenvalue weighted by Crippen LogP contribution is 2.28. The Morgan fingerprint density at radius 1 is 1.04 bits per heavy atom. The van der Waals surface area contributed by atoms with Gasteiger partial charge in [0.15, 0.2) is 11.5 Å². The van der Waals surface area contributed by atoms with Crippen molar-refractivity contribution in [2.75, 3.05) is 13.7 Å². The largest absolute Gasteiger partial charge is 0.493 e. The SMILES string of the molecule is CCOc1cc(/C=N\N2C(=O)c3ccccc3C2=O)ccc1OC. The van der Waals surface area contributed by atoms with Crippen LogP contribution in [0.1, 0.15) is 33.2 Å². The maximum atomic E-state index is 12.2. The van der Waals surface area contributed by atoms with Crippen LogP contribution < -0.4 is 9.47 Å². The molecule has 6 nitrogen and oxygen atoms in total. The minimum Gasteiger partial charge on any atom is -0.493 e. The van der Waals surface area contributed by atoms with Gasteiger partial charge in [0.1, 0.15) is 0 Å². The maximum absolute atomic E-state index is 12.2. The Balaban J connectivity index is 1.86. The van der Waals surface area contributed by atoms with Gasteiger partial charge in [-0.15, -0.1) is 0 Å². The Bertz CT molecular complexity index is 795. The first-order chi connectivity index (χ1) is 11.7. The molecular weight excluding hydrogens is 308 g/mol. The zero-order valence-electron chi connectivity index (χ0n) is 13.4. The van der Waals surface area contributed by atoms with Gasteiger partial charge < -0.3 is 9.47 Å². The van der Waals surface area contributed by atoms with Gasteiger partial charge in [0.25, 0.3) is 11.8 Å². The molecule has 6 heteroatoms. The van der Waals surface area contributed by atoms with Crippen LogP contribution in [-0.2, 0) is 0 Å². The minimum absolute atomic E-state index is 0.365. The van der Waals surface area contributed by atoms with Gasteiger partial charge in [-0.25, -0.2) is 0 Å². The molecule has 1 aliphatic rings. The molecule has 122 valence electrons. The van der Waals surface area contributed by atoms with Gasteiger partial charge in [0.05, 0.1) is 31.1 Å². The molecule has 0 aromatic heterocycles. The lowest BCUT2D eigenvalue weighted by molar-refractivity contribution is 0.0660. The molecule has 0 radical (unpaired) electrons. The molecule has 1 aliphatic heterocycles. The van der Waals surface area contributed by atoms with Crippen LogP contribution in [0.15, 0.2) is 47.6 Å². The van der Waals surface area contributed by atoms with Crippen molar-refractivity contribution in [1.82, 2.24) is 5.01 Å². The van der Waals surface area contributed by atoms with Crippen molar-refractivity contribution in [3.8, 4) is 11.5 Å². The fourth-order valence-corrected chi connectivity index (χ4v) is 2.45. The number of hydrogen-bond donors (Lipinski definition) is 0. The van der Waals surface area contributed by atoms with E-state index in [9.17, 15) is 9.59 Å². The molecule has 0 atom stereocenters. The van der Waals surface area contributed by atoms with Gasteiger partial charge in [-0.05, 0) is 42.8 Å². The number of amides is 2. The zero-order chi connectivity index (χ0) is 17.1. The number of rotatable bonds is 5. The Morgan fingerprint density at radius 3 is 2.29 bits per heavy atom. The fraction of sp³-hybridized carbons (Fsp3) is 0.167. The molecule has 0 aliphatic carbocycles. The first-order valence-electron chi connectivity index (χ1n) is 7.48. The van der Waals surface area contributed by atoms with Crippen LogP contribution in [0.3, 0.4) is 0 Å². The van der Waals surface area contributed by atoms with Crippen molar-refractivity contribution in [1.29, 1.82) is 0 Å². The van der Waals surface area contributed by atoms with E-state index in [4.69, 9.17) is 9.47 Å². The van der Waals surface area contributed by atoms with Crippen LogP contribution in [-0.4, -0.2) is 36.8 Å². The molecule has 1 heterocycles. The van der Waals surface area contributed by atoms with Gasteiger partial charge in [0, 0.05) is 0 Å². The molecule has 0 spiro atoms. The minimum atomic E-state index is -0.426. The number of carbonyl (C=O) groups is 2. The number of ether oxygens (including phenoxy) is 2. The van der Waals surface area contributed by atoms with E-state index in [2.05, 4.69) is 5.10 Å². The lowest BCUT2D eigenvalue weighted by atomic mass is 10.1. The van der Waals surface area contributed by atoms with Gasteiger partial charge in [-0.1, -0.05) is 12.1 Å². The number of hydrogen-bond acceptors (Lipinski definition) is 5. The first kappa shape index (κ1) is 15.7. The molecule has 2 amide bonds. The third-order valence-corrected chi connectivity index (χ3v) is 3.58. The Kier molecular flexibility index (Phi) is 4.29. The molecule has 0 N–H and O–H groups in total. The van der Waals surface area contributed by atoms with Gasteiger partial charge in [0.2, 0.25) is 0 Å². The highest BCUT2D eigenvalue weighted by atomic mass is 16.5. The van der Waals surface area contributed by atoms with E-state index in [1.54, 1.807) is 49.6 Å². The van der Waals surface area contributed by atoms with Crippen LogP contribution in [0.25, 0.3) is 0 Å². The van der Waals surface area contributed by atoms with Gasteiger partial charge >= 0.3 is 0 Å². The number of benzene rings is 2. The fourth-order valence-electron chi connectivity index (χ4n) is 2.45. The van der Waals surface area contributed by atoms with Crippen molar-refractivity contribution in [3.63, 3.8) is 0 Å². The van der Waals surface area contributed by atoms with Crippen LogP contribution >= 0.6 is 0 Å². The lowest BCUT2D eigenvalue weighted by Crippen LogP contribution is -2.23. The van der Waals surface area contributed by atoms with E-state index < -0.39 is 11.8 Å². The van der Waals surface area contributed by atoms with E-state index in [0.717, 1.165) is 5.01 Å². The normalized spacial score (nSPS) is 13.5. The van der Waals surface area contributed by atoms with E-state index in [-0.39, 0.29) is 0 Å². The van der Waals surface area contributed by atoms with Crippen molar-refractivity contribution in [2.45, 2.75) is 6.92 Å². The Labute approximate surface area is 139 Å². The summed E-state index contributed by atoms with van der Waals surface area (Å²) in [6.07, 6.45) is 1.45. The Morgan fingerprint density at radius 2 is 1.71 bits per heavy atom. The van der Waals surface area contributed by atoms with Crippen molar-refractivity contribution < 1.29 is 19.1 Å². The van der Waals surface area contributed by atoms with E-state index in [0.29, 0.717) is 34.8 Å². The van der Waals surface area contributed by atoms with Crippen molar-refractivity contribution >= 4 is 18.0 Å². The average Bonchev–Trinajstić information content (AvgIpc) is 2.85. The van der Waals surface area contributed by atoms with Crippen molar-refractivity contribution in [2.24, 2.45) is 5.10 Å². The standard InChI is InChI=1S/C18H16N2O4/c1-3-24-16-10-12(8-9-15(16)23-2)11-19-20-17(21)13-6-4-5-7-14(13)18(20)22/h4-11H,3H2,1-2H3/b19-11-. The molecule has 0 saturated carbocycles. The summed E-state index contributed by atoms with van der Waals surface area (Å²) in [5.74, 6) is 0.330. The summed E-state index contributed by atoms with van der Waals surface area (Å²) in [6, 6.07) is 11.9. The molecular formula is C18H16N2O4. The zero-order valence-corrected chi connectivity index (χ0v) is 13.4. The second kappa shape index (κ2) is 6.54. The second-order valence-electron chi connectivity index (χ2n) is 5.06. The molecule has 2 aromatic carbocycles. The lowest BCUT2D eigenvalue weighted by Gasteiger charge is -2.10. The van der Waals surface area contributed by atoms with Crippen molar-refractivity contribution in [3.05, 3.63) is 59.2 Å². The predicted octanol–water partition coefficient (Wildman–Crippen LogP) is 2.72. The van der Waals surface area contributed by atoms with E-state index in [1.165, 1.54) is 6.21 Å². The predicted molar refractivity (Wildman–Crippen MR) is 88.7 cm³/mol. The molecule has 2 aromatic rings. The molecule has 0 fully saturated rings. The number of fused-ring (bicyclic) bond motifs is 1. The maximum Gasteiger partial charge on any atom is 0.282 e. The summed E-state index contributed by atoms with van der Waals surface area (Å²) in [6.45, 7) is 2.37. The highest BCUT2D eigenvalue weighted by Gasteiger charge is 2.35. The van der Waals surface area contributed by atoms with E-state index >= 15 is 0 Å². The number of hydrazone groups is 1. The topological polar surface area (TPSA) is 68.2 Å². The number of nitrogens with zero attached hydrogens (tertiary/aromatic N) is 2. The van der Waals surface area contributed by atoms with E-state index in [1.807, 2.05) is 6.92 Å². The van der Waals surface area contributed by atoms with Crippen LogP contribution in [0.2, 0.25) is 0 Å².